The molecule has 2 aromatic rings. The van der Waals surface area contributed by atoms with E-state index < -0.39 is 12.1 Å². The van der Waals surface area contributed by atoms with Crippen molar-refractivity contribution in [1.29, 1.82) is 0 Å². The van der Waals surface area contributed by atoms with Gasteiger partial charge in [0.15, 0.2) is 17.6 Å². The van der Waals surface area contributed by atoms with Crippen molar-refractivity contribution in [3.63, 3.8) is 0 Å². The van der Waals surface area contributed by atoms with Crippen LogP contribution in [-0.2, 0) is 17.6 Å². The Kier molecular flexibility index (Phi) is 5.26. The molecule has 0 saturated carbocycles. The van der Waals surface area contributed by atoms with Crippen LogP contribution in [0.5, 0.6) is 11.5 Å². The largest absolute Gasteiger partial charge is 0.493 e. The molecule has 26 heavy (non-hydrogen) atoms. The standard InChI is InChI=1S/C21H22O5/c1-13(20(22)16-8-7-14-5-4-6-15(14)11-16)26-21(23)17-9-10-18(24-2)19(12-17)25-3/h7-13H,4-6H2,1-3H3/t13-/m0/s1. The van der Waals surface area contributed by atoms with Gasteiger partial charge in [-0.15, -0.1) is 0 Å². The molecule has 136 valence electrons. The number of benzene rings is 2. The van der Waals surface area contributed by atoms with Crippen molar-refractivity contribution in [3.8, 4) is 11.5 Å². The molecule has 0 aromatic heterocycles. The number of esters is 1. The van der Waals surface area contributed by atoms with Gasteiger partial charge in [-0.3, -0.25) is 4.79 Å². The summed E-state index contributed by atoms with van der Waals surface area (Å²) in [6.07, 6.45) is 2.32. The molecule has 0 heterocycles. The van der Waals surface area contributed by atoms with Crippen LogP contribution in [0.15, 0.2) is 36.4 Å². The Bertz CT molecular complexity index is 840. The van der Waals surface area contributed by atoms with Crippen LogP contribution in [0.4, 0.5) is 0 Å². The molecular formula is C21H22O5. The minimum Gasteiger partial charge on any atom is -0.493 e. The Hall–Kier alpha value is -2.82. The smallest absolute Gasteiger partial charge is 0.338 e. The van der Waals surface area contributed by atoms with Gasteiger partial charge in [0.1, 0.15) is 0 Å². The Balaban J connectivity index is 1.71. The van der Waals surface area contributed by atoms with Gasteiger partial charge in [-0.25, -0.2) is 4.79 Å². The first-order valence-electron chi connectivity index (χ1n) is 8.62. The number of carbonyl (C=O) groups is 2. The number of ketones is 1. The minimum atomic E-state index is -0.866. The fraction of sp³-hybridized carbons (Fsp3) is 0.333. The van der Waals surface area contributed by atoms with Gasteiger partial charge in [-0.2, -0.15) is 0 Å². The van der Waals surface area contributed by atoms with Crippen LogP contribution in [0.3, 0.4) is 0 Å². The van der Waals surface area contributed by atoms with Gasteiger partial charge >= 0.3 is 5.97 Å². The minimum absolute atomic E-state index is 0.200. The maximum absolute atomic E-state index is 12.6. The lowest BCUT2D eigenvalue weighted by Crippen LogP contribution is -2.24. The number of fused-ring (bicyclic) bond motifs is 1. The Morgan fingerprint density at radius 1 is 0.885 bits per heavy atom. The first kappa shape index (κ1) is 18.0. The fourth-order valence-corrected chi connectivity index (χ4v) is 3.21. The maximum atomic E-state index is 12.6. The molecule has 1 aliphatic carbocycles. The average molecular weight is 354 g/mol. The topological polar surface area (TPSA) is 61.8 Å². The number of hydrogen-bond donors (Lipinski definition) is 0. The van der Waals surface area contributed by atoms with Crippen molar-refractivity contribution < 1.29 is 23.8 Å². The summed E-state index contributed by atoms with van der Waals surface area (Å²) in [4.78, 5) is 25.0. The normalized spacial score (nSPS) is 13.7. The third kappa shape index (κ3) is 3.57. The van der Waals surface area contributed by atoms with E-state index in [0.717, 1.165) is 19.3 Å². The number of carbonyl (C=O) groups excluding carboxylic acids is 2. The number of aryl methyl sites for hydroxylation is 2. The summed E-state index contributed by atoms with van der Waals surface area (Å²) in [5.74, 6) is 0.173. The molecule has 0 saturated heterocycles. The number of methoxy groups -OCH3 is 2. The molecule has 0 fully saturated rings. The van der Waals surface area contributed by atoms with Crippen LogP contribution in [0.25, 0.3) is 0 Å². The van der Waals surface area contributed by atoms with E-state index in [0.29, 0.717) is 22.6 Å². The SMILES string of the molecule is COc1ccc(C(=O)O[C@@H](C)C(=O)c2ccc3c(c2)CCC3)cc1OC. The molecule has 0 aliphatic heterocycles. The van der Waals surface area contributed by atoms with Crippen molar-refractivity contribution >= 4 is 11.8 Å². The van der Waals surface area contributed by atoms with Crippen molar-refractivity contribution in [1.82, 2.24) is 0 Å². The Morgan fingerprint density at radius 3 is 2.31 bits per heavy atom. The van der Waals surface area contributed by atoms with E-state index in [1.165, 1.54) is 31.4 Å². The zero-order valence-electron chi connectivity index (χ0n) is 15.2. The molecule has 0 spiro atoms. The van der Waals surface area contributed by atoms with Crippen molar-refractivity contribution in [2.24, 2.45) is 0 Å². The molecule has 1 aliphatic rings. The zero-order valence-corrected chi connectivity index (χ0v) is 15.2. The van der Waals surface area contributed by atoms with Gasteiger partial charge in [0.05, 0.1) is 19.8 Å². The third-order valence-electron chi connectivity index (χ3n) is 4.66. The van der Waals surface area contributed by atoms with Gasteiger partial charge in [0, 0.05) is 5.56 Å². The van der Waals surface area contributed by atoms with Crippen LogP contribution in [-0.4, -0.2) is 32.1 Å². The molecular weight excluding hydrogens is 332 g/mol. The monoisotopic (exact) mass is 354 g/mol. The summed E-state index contributed by atoms with van der Waals surface area (Å²) in [6, 6.07) is 10.5. The molecule has 5 heteroatoms. The number of ether oxygens (including phenoxy) is 3. The number of hydrogen-bond acceptors (Lipinski definition) is 5. The van der Waals surface area contributed by atoms with E-state index in [9.17, 15) is 9.59 Å². The molecule has 1 atom stereocenters. The second-order valence-electron chi connectivity index (χ2n) is 6.32. The third-order valence-corrected chi connectivity index (χ3v) is 4.66. The summed E-state index contributed by atoms with van der Waals surface area (Å²) >= 11 is 0. The predicted molar refractivity (Wildman–Crippen MR) is 97.2 cm³/mol. The van der Waals surface area contributed by atoms with Gasteiger partial charge in [0.2, 0.25) is 5.78 Å². The molecule has 0 N–H and O–H groups in total. The molecule has 0 bridgehead atoms. The van der Waals surface area contributed by atoms with E-state index >= 15 is 0 Å². The highest BCUT2D eigenvalue weighted by atomic mass is 16.5. The van der Waals surface area contributed by atoms with Gasteiger partial charge in [0.25, 0.3) is 0 Å². The van der Waals surface area contributed by atoms with Crippen LogP contribution in [0, 0.1) is 0 Å². The van der Waals surface area contributed by atoms with Crippen LogP contribution in [0.2, 0.25) is 0 Å². The summed E-state index contributed by atoms with van der Waals surface area (Å²) in [6.45, 7) is 1.59. The average Bonchev–Trinajstić information content (AvgIpc) is 3.14. The van der Waals surface area contributed by atoms with Crippen molar-refractivity contribution in [2.45, 2.75) is 32.3 Å². The van der Waals surface area contributed by atoms with Crippen molar-refractivity contribution in [2.75, 3.05) is 14.2 Å². The molecule has 0 unspecified atom stereocenters. The first-order valence-corrected chi connectivity index (χ1v) is 8.62. The predicted octanol–water partition coefficient (Wildman–Crippen LogP) is 3.62. The highest BCUT2D eigenvalue weighted by Gasteiger charge is 2.22. The number of Topliss-reactive ketones (excluding diaryl/α,β-unsaturated/α-hetero) is 1. The molecule has 0 amide bonds. The summed E-state index contributed by atoms with van der Waals surface area (Å²) in [7, 11) is 3.01. The summed E-state index contributed by atoms with van der Waals surface area (Å²) in [5.41, 5.74) is 3.40. The lowest BCUT2D eigenvalue weighted by atomic mass is 10.0. The molecule has 5 nitrogen and oxygen atoms in total. The van der Waals surface area contributed by atoms with E-state index in [1.807, 2.05) is 18.2 Å². The van der Waals surface area contributed by atoms with Crippen LogP contribution < -0.4 is 9.47 Å². The maximum Gasteiger partial charge on any atom is 0.338 e. The van der Waals surface area contributed by atoms with Gasteiger partial charge in [-0.05, 0) is 61.6 Å². The molecule has 0 radical (unpaired) electrons. The first-order chi connectivity index (χ1) is 12.5. The van der Waals surface area contributed by atoms with Gasteiger partial charge < -0.3 is 14.2 Å². The van der Waals surface area contributed by atoms with Crippen molar-refractivity contribution in [3.05, 3.63) is 58.7 Å². The quantitative estimate of drug-likeness (QED) is 0.586. The van der Waals surface area contributed by atoms with E-state index in [-0.39, 0.29) is 5.78 Å². The van der Waals surface area contributed by atoms with E-state index in [1.54, 1.807) is 19.1 Å². The molecule has 2 aromatic carbocycles. The lowest BCUT2D eigenvalue weighted by Gasteiger charge is -2.14. The van der Waals surface area contributed by atoms with Crippen LogP contribution in [0.1, 0.15) is 45.2 Å². The van der Waals surface area contributed by atoms with E-state index in [2.05, 4.69) is 0 Å². The lowest BCUT2D eigenvalue weighted by molar-refractivity contribution is 0.0318. The number of rotatable bonds is 6. The Morgan fingerprint density at radius 2 is 1.58 bits per heavy atom. The zero-order chi connectivity index (χ0) is 18.7. The summed E-state index contributed by atoms with van der Waals surface area (Å²) < 4.78 is 15.7. The fourth-order valence-electron chi connectivity index (χ4n) is 3.21. The molecule has 3 rings (SSSR count). The second kappa shape index (κ2) is 7.60. The Labute approximate surface area is 152 Å². The highest BCUT2D eigenvalue weighted by molar-refractivity contribution is 6.01. The van der Waals surface area contributed by atoms with Gasteiger partial charge in [-0.1, -0.05) is 12.1 Å². The van der Waals surface area contributed by atoms with Crippen LogP contribution >= 0.6 is 0 Å². The van der Waals surface area contributed by atoms with E-state index in [4.69, 9.17) is 14.2 Å². The highest BCUT2D eigenvalue weighted by Crippen LogP contribution is 2.28. The second-order valence-corrected chi connectivity index (χ2v) is 6.32. The summed E-state index contributed by atoms with van der Waals surface area (Å²) in [5, 5.41) is 0.